The Morgan fingerprint density at radius 3 is 2.57 bits per heavy atom. The van der Waals surface area contributed by atoms with E-state index in [9.17, 15) is 9.90 Å². The van der Waals surface area contributed by atoms with Crippen LogP contribution < -0.4 is 5.32 Å². The number of carboxylic acid groups (broad SMARTS) is 1. The molecule has 3 N–H and O–H groups in total. The number of thioether (sulfide) groups is 1. The number of nitrogens with one attached hydrogen (secondary N) is 1. The number of rotatable bonds is 5. The molecule has 0 saturated heterocycles. The molecule has 0 aliphatic carbocycles. The number of anilines is 2. The lowest BCUT2D eigenvalue weighted by Crippen LogP contribution is -2.02. The Morgan fingerprint density at radius 1 is 1.09 bits per heavy atom. The van der Waals surface area contributed by atoms with E-state index < -0.39 is 5.97 Å². The molecular formula is C16H13N3O3S. The van der Waals surface area contributed by atoms with Gasteiger partial charge in [0.1, 0.15) is 10.8 Å². The first-order chi connectivity index (χ1) is 11.1. The van der Waals surface area contributed by atoms with E-state index in [1.54, 1.807) is 24.3 Å². The van der Waals surface area contributed by atoms with Gasteiger partial charge in [-0.25, -0.2) is 9.97 Å². The molecule has 0 fully saturated rings. The Kier molecular flexibility index (Phi) is 4.29. The van der Waals surface area contributed by atoms with E-state index >= 15 is 0 Å². The molecule has 0 aliphatic rings. The number of hydrogen-bond acceptors (Lipinski definition) is 6. The van der Waals surface area contributed by atoms with E-state index in [4.69, 9.17) is 5.11 Å². The lowest BCUT2D eigenvalue weighted by atomic mass is 10.2. The van der Waals surface area contributed by atoms with Gasteiger partial charge in [0.25, 0.3) is 0 Å². The number of phenolic OH excluding ortho intramolecular Hbond substituents is 1. The highest BCUT2D eigenvalue weighted by Gasteiger charge is 2.10. The molecule has 0 aliphatic heterocycles. The summed E-state index contributed by atoms with van der Waals surface area (Å²) < 4.78 is 0. The van der Waals surface area contributed by atoms with Gasteiger partial charge in [-0.15, -0.1) is 0 Å². The number of carbonyl (C=O) groups is 1. The predicted octanol–water partition coefficient (Wildman–Crippen LogP) is 3.26. The Balaban J connectivity index is 1.96. The topological polar surface area (TPSA) is 95.3 Å². The minimum atomic E-state index is -0.897. The van der Waals surface area contributed by atoms with Crippen molar-refractivity contribution < 1.29 is 15.0 Å². The van der Waals surface area contributed by atoms with Crippen molar-refractivity contribution >= 4 is 40.3 Å². The van der Waals surface area contributed by atoms with E-state index in [2.05, 4.69) is 15.3 Å². The molecule has 0 unspecified atom stereocenters. The second kappa shape index (κ2) is 6.53. The van der Waals surface area contributed by atoms with Crippen molar-refractivity contribution in [3.63, 3.8) is 0 Å². The molecule has 6 nitrogen and oxygen atoms in total. The molecule has 0 saturated carbocycles. The van der Waals surface area contributed by atoms with Crippen LogP contribution in [0.25, 0.3) is 10.9 Å². The normalized spacial score (nSPS) is 10.6. The summed E-state index contributed by atoms with van der Waals surface area (Å²) in [6.07, 6.45) is 0. The smallest absolute Gasteiger partial charge is 0.313 e. The Bertz CT molecular complexity index is 853. The molecule has 1 aromatic heterocycles. The molecule has 7 heteroatoms. The van der Waals surface area contributed by atoms with Crippen molar-refractivity contribution in [2.45, 2.75) is 5.03 Å². The highest BCUT2D eigenvalue weighted by Crippen LogP contribution is 2.27. The molecule has 0 radical (unpaired) electrons. The lowest BCUT2D eigenvalue weighted by Gasteiger charge is -2.09. The molecule has 2 aromatic carbocycles. The molecule has 0 spiro atoms. The Morgan fingerprint density at radius 2 is 1.83 bits per heavy atom. The zero-order chi connectivity index (χ0) is 16.2. The fraction of sp³-hybridized carbons (Fsp3) is 0.0625. The van der Waals surface area contributed by atoms with Crippen LogP contribution >= 0.6 is 11.8 Å². The highest BCUT2D eigenvalue weighted by atomic mass is 32.2. The number of phenols is 1. The van der Waals surface area contributed by atoms with E-state index in [1.165, 1.54) is 0 Å². The summed E-state index contributed by atoms with van der Waals surface area (Å²) in [7, 11) is 0. The summed E-state index contributed by atoms with van der Waals surface area (Å²) in [5.74, 6) is -0.416. The fourth-order valence-electron chi connectivity index (χ4n) is 2.02. The van der Waals surface area contributed by atoms with Gasteiger partial charge in [-0.05, 0) is 30.3 Å². The van der Waals surface area contributed by atoms with Crippen LogP contribution in [0.2, 0.25) is 0 Å². The van der Waals surface area contributed by atoms with Crippen LogP contribution in [-0.2, 0) is 4.79 Å². The van der Waals surface area contributed by atoms with Gasteiger partial charge in [0.2, 0.25) is 5.95 Å². The van der Waals surface area contributed by atoms with Gasteiger partial charge < -0.3 is 15.5 Å². The van der Waals surface area contributed by atoms with Gasteiger partial charge in [-0.1, -0.05) is 30.0 Å². The zero-order valence-electron chi connectivity index (χ0n) is 11.9. The molecule has 1 heterocycles. The average Bonchev–Trinajstić information content (AvgIpc) is 2.54. The minimum absolute atomic E-state index is 0.0698. The molecule has 116 valence electrons. The number of nitrogens with zero attached hydrogens (tertiary/aromatic N) is 2. The minimum Gasteiger partial charge on any atom is -0.508 e. The van der Waals surface area contributed by atoms with Crippen LogP contribution in [0.4, 0.5) is 11.6 Å². The zero-order valence-corrected chi connectivity index (χ0v) is 12.7. The summed E-state index contributed by atoms with van der Waals surface area (Å²) in [6, 6.07) is 14.0. The molecule has 3 rings (SSSR count). The van der Waals surface area contributed by atoms with Crippen LogP contribution in [0.3, 0.4) is 0 Å². The molecule has 0 bridgehead atoms. The van der Waals surface area contributed by atoms with E-state index in [0.717, 1.165) is 28.4 Å². The van der Waals surface area contributed by atoms with Crippen LogP contribution in [0.5, 0.6) is 5.75 Å². The van der Waals surface area contributed by atoms with Gasteiger partial charge in [0.15, 0.2) is 0 Å². The van der Waals surface area contributed by atoms with Gasteiger partial charge in [0, 0.05) is 11.1 Å². The number of aliphatic carboxylic acids is 1. The first-order valence-corrected chi connectivity index (χ1v) is 7.78. The van der Waals surface area contributed by atoms with Crippen LogP contribution in [-0.4, -0.2) is 31.9 Å². The van der Waals surface area contributed by atoms with E-state index in [1.807, 2.05) is 24.3 Å². The van der Waals surface area contributed by atoms with Crippen molar-refractivity contribution in [2.75, 3.05) is 11.1 Å². The lowest BCUT2D eigenvalue weighted by molar-refractivity contribution is -0.133. The number of fused-ring (bicyclic) bond motifs is 1. The maximum Gasteiger partial charge on any atom is 0.313 e. The van der Waals surface area contributed by atoms with Gasteiger partial charge >= 0.3 is 5.97 Å². The number of benzene rings is 2. The number of aromatic hydroxyl groups is 1. The highest BCUT2D eigenvalue weighted by molar-refractivity contribution is 8.00. The summed E-state index contributed by atoms with van der Waals surface area (Å²) in [6.45, 7) is 0. The summed E-state index contributed by atoms with van der Waals surface area (Å²) in [5, 5.41) is 22.7. The average molecular weight is 327 g/mol. The monoisotopic (exact) mass is 327 g/mol. The molecular weight excluding hydrogens is 314 g/mol. The number of hydrogen-bond donors (Lipinski definition) is 3. The summed E-state index contributed by atoms with van der Waals surface area (Å²) in [5.41, 5.74) is 1.46. The molecule has 3 aromatic rings. The quantitative estimate of drug-likeness (QED) is 0.376. The molecule has 0 atom stereocenters. The van der Waals surface area contributed by atoms with Crippen molar-refractivity contribution in [3.05, 3.63) is 48.5 Å². The van der Waals surface area contributed by atoms with Crippen molar-refractivity contribution in [2.24, 2.45) is 0 Å². The van der Waals surface area contributed by atoms with Gasteiger partial charge in [-0.3, -0.25) is 4.79 Å². The first kappa shape index (κ1) is 15.1. The Hall–Kier alpha value is -2.80. The van der Waals surface area contributed by atoms with Crippen molar-refractivity contribution in [1.82, 2.24) is 9.97 Å². The van der Waals surface area contributed by atoms with Crippen LogP contribution in [0, 0.1) is 0 Å². The predicted molar refractivity (Wildman–Crippen MR) is 89.3 cm³/mol. The number of aromatic nitrogens is 2. The molecule has 23 heavy (non-hydrogen) atoms. The SMILES string of the molecule is O=C(O)CSc1nc(Nc2ccc(O)cc2)nc2ccccc12. The maximum atomic E-state index is 10.8. The first-order valence-electron chi connectivity index (χ1n) is 6.79. The second-order valence-corrected chi connectivity index (χ2v) is 5.69. The van der Waals surface area contributed by atoms with Crippen LogP contribution in [0.15, 0.2) is 53.6 Å². The summed E-state index contributed by atoms with van der Waals surface area (Å²) >= 11 is 1.15. The van der Waals surface area contributed by atoms with Gasteiger partial charge in [0.05, 0.1) is 11.3 Å². The van der Waals surface area contributed by atoms with E-state index in [0.29, 0.717) is 11.0 Å². The standard InChI is InChI=1S/C16H13N3O3S/c20-11-7-5-10(6-8-11)17-16-18-13-4-2-1-3-12(13)15(19-16)23-9-14(21)22/h1-8,20H,9H2,(H,21,22)(H,17,18,19). The third-order valence-corrected chi connectivity index (χ3v) is 4.00. The van der Waals surface area contributed by atoms with Gasteiger partial charge in [-0.2, -0.15) is 0 Å². The fourth-order valence-corrected chi connectivity index (χ4v) is 2.76. The van der Waals surface area contributed by atoms with E-state index in [-0.39, 0.29) is 11.5 Å². The van der Waals surface area contributed by atoms with Crippen molar-refractivity contribution in [3.8, 4) is 5.75 Å². The number of carboxylic acids is 1. The molecule has 0 amide bonds. The van der Waals surface area contributed by atoms with Crippen molar-refractivity contribution in [1.29, 1.82) is 0 Å². The third-order valence-electron chi connectivity index (χ3n) is 3.02. The second-order valence-electron chi connectivity index (χ2n) is 4.72. The maximum absolute atomic E-state index is 10.8. The largest absolute Gasteiger partial charge is 0.508 e. The summed E-state index contributed by atoms with van der Waals surface area (Å²) in [4.78, 5) is 19.7. The van der Waals surface area contributed by atoms with Crippen LogP contribution in [0.1, 0.15) is 0 Å². The number of para-hydroxylation sites is 1. The Labute approximate surface area is 136 Å². The third kappa shape index (κ3) is 3.70.